The first-order chi connectivity index (χ1) is 14.5. The number of rotatable bonds is 8. The highest BCUT2D eigenvalue weighted by Gasteiger charge is 2.46. The zero-order valence-electron chi connectivity index (χ0n) is 17.6. The molecule has 0 bridgehead atoms. The Kier molecular flexibility index (Phi) is 6.84. The molecule has 2 heterocycles. The van der Waals surface area contributed by atoms with E-state index in [1.54, 1.807) is 47.6 Å². The van der Waals surface area contributed by atoms with Crippen LogP contribution < -0.4 is 9.64 Å². The molecule has 1 aliphatic rings. The van der Waals surface area contributed by atoms with Gasteiger partial charge in [-0.05, 0) is 37.6 Å². The number of likely N-dealkylation sites (N-methyl/N-ethyl adjacent to an activating group) is 1. The van der Waals surface area contributed by atoms with Gasteiger partial charge >= 0.3 is 0 Å². The second-order valence-corrected chi connectivity index (χ2v) is 7.22. The van der Waals surface area contributed by atoms with Crippen LogP contribution in [-0.4, -0.2) is 60.0 Å². The zero-order chi connectivity index (χ0) is 21.7. The number of nitrogens with zero attached hydrogens (tertiary/aromatic N) is 2. The monoisotopic (exact) mass is 410 g/mol. The number of ketones is 1. The fourth-order valence-electron chi connectivity index (χ4n) is 3.80. The molecule has 1 aromatic carbocycles. The Morgan fingerprint density at radius 1 is 1.20 bits per heavy atom. The number of Topliss-reactive ketones (excluding diaryl/α,β-unsaturated/α-hetero) is 1. The average Bonchev–Trinajstić information content (AvgIpc) is 3.04. The fraction of sp³-hybridized carbons (Fsp3) is 0.348. The molecule has 0 aliphatic carbocycles. The maximum atomic E-state index is 13.0. The number of amides is 1. The van der Waals surface area contributed by atoms with Crippen LogP contribution in [0.1, 0.15) is 31.0 Å². The zero-order valence-corrected chi connectivity index (χ0v) is 17.6. The molecular weight excluding hydrogens is 382 g/mol. The number of hydrogen-bond donors (Lipinski definition) is 2. The van der Waals surface area contributed by atoms with E-state index >= 15 is 0 Å². The highest BCUT2D eigenvalue weighted by Crippen LogP contribution is 2.39. The summed E-state index contributed by atoms with van der Waals surface area (Å²) in [6.07, 6.45) is 3.27. The number of aromatic nitrogens is 1. The van der Waals surface area contributed by atoms with E-state index in [1.165, 1.54) is 12.0 Å². The number of pyridine rings is 1. The van der Waals surface area contributed by atoms with Crippen molar-refractivity contribution in [2.24, 2.45) is 0 Å². The van der Waals surface area contributed by atoms with Crippen molar-refractivity contribution >= 4 is 17.4 Å². The van der Waals surface area contributed by atoms with Gasteiger partial charge in [0.2, 0.25) is 0 Å². The van der Waals surface area contributed by atoms with E-state index in [9.17, 15) is 14.7 Å². The molecule has 1 amide bonds. The number of carbonyl (C=O) groups excluding carboxylic acids is 2. The molecule has 0 radical (unpaired) electrons. The van der Waals surface area contributed by atoms with Crippen LogP contribution in [0.5, 0.6) is 5.75 Å². The number of nitrogens with one attached hydrogen (secondary N) is 1. The molecule has 1 aromatic heterocycles. The molecule has 0 unspecified atom stereocenters. The topological polar surface area (TPSA) is 84.2 Å². The maximum Gasteiger partial charge on any atom is 0.295 e. The second-order valence-electron chi connectivity index (χ2n) is 7.22. The summed E-state index contributed by atoms with van der Waals surface area (Å²) in [5.41, 5.74) is 1.20. The van der Waals surface area contributed by atoms with E-state index in [0.29, 0.717) is 23.4 Å². The molecular formula is C23H28N3O4+. The van der Waals surface area contributed by atoms with Crippen LogP contribution in [0.3, 0.4) is 0 Å². The van der Waals surface area contributed by atoms with Gasteiger partial charge in [0.05, 0.1) is 44.9 Å². The molecule has 2 aromatic rings. The largest absolute Gasteiger partial charge is 0.507 e. The summed E-state index contributed by atoms with van der Waals surface area (Å²) in [5.74, 6) is -0.936. The summed E-state index contributed by atoms with van der Waals surface area (Å²) in [7, 11) is 1.53. The van der Waals surface area contributed by atoms with Gasteiger partial charge in [-0.2, -0.15) is 0 Å². The Morgan fingerprint density at radius 2 is 1.97 bits per heavy atom. The Morgan fingerprint density at radius 3 is 2.60 bits per heavy atom. The normalized spacial score (nSPS) is 18.3. The van der Waals surface area contributed by atoms with Crippen molar-refractivity contribution in [1.82, 2.24) is 9.88 Å². The van der Waals surface area contributed by atoms with E-state index in [4.69, 9.17) is 4.74 Å². The van der Waals surface area contributed by atoms with Crippen molar-refractivity contribution < 1.29 is 24.3 Å². The number of ether oxygens (including phenoxy) is 1. The molecule has 1 fully saturated rings. The van der Waals surface area contributed by atoms with Crippen LogP contribution >= 0.6 is 0 Å². The van der Waals surface area contributed by atoms with Crippen molar-refractivity contribution in [3.8, 4) is 5.75 Å². The van der Waals surface area contributed by atoms with Crippen LogP contribution in [-0.2, 0) is 9.59 Å². The summed E-state index contributed by atoms with van der Waals surface area (Å²) in [4.78, 5) is 32.9. The van der Waals surface area contributed by atoms with E-state index < -0.39 is 17.7 Å². The van der Waals surface area contributed by atoms with E-state index in [0.717, 1.165) is 19.6 Å². The molecule has 1 atom stereocenters. The van der Waals surface area contributed by atoms with Gasteiger partial charge in [0.15, 0.2) is 0 Å². The summed E-state index contributed by atoms with van der Waals surface area (Å²) in [5, 5.41) is 11.0. The number of carbonyl (C=O) groups is 2. The highest BCUT2D eigenvalue weighted by atomic mass is 16.5. The molecule has 3 rings (SSSR count). The standard InChI is InChI=1S/C23H27N3O4/c1-4-25(5-2)12-13-26-20(17-9-7-11-24-15-17)19(22(28)23(26)29)21(27)16-8-6-10-18(14-16)30-3/h6-11,14-15,20,27H,4-5,12-13H2,1-3H3/p+1/t20-/m0/s1. The molecule has 158 valence electrons. The van der Waals surface area contributed by atoms with Gasteiger partial charge in [-0.25, -0.2) is 0 Å². The third-order valence-electron chi connectivity index (χ3n) is 5.59. The number of aliphatic hydroxyl groups excluding tert-OH is 1. The van der Waals surface area contributed by atoms with Gasteiger partial charge in [-0.15, -0.1) is 0 Å². The number of aliphatic hydroxyl groups is 1. The first kappa shape index (κ1) is 21.5. The number of quaternary nitrogens is 1. The average molecular weight is 410 g/mol. The van der Waals surface area contributed by atoms with Crippen molar-refractivity contribution in [3.63, 3.8) is 0 Å². The number of likely N-dealkylation sites (tertiary alicyclic amines) is 1. The molecule has 0 spiro atoms. The Bertz CT molecular complexity index is 938. The lowest BCUT2D eigenvalue weighted by molar-refractivity contribution is -0.895. The minimum Gasteiger partial charge on any atom is -0.507 e. The van der Waals surface area contributed by atoms with Gasteiger partial charge in [0, 0.05) is 18.0 Å². The molecule has 2 N–H and O–H groups in total. The summed E-state index contributed by atoms with van der Waals surface area (Å²) in [6, 6.07) is 9.71. The molecule has 0 saturated carbocycles. The lowest BCUT2D eigenvalue weighted by Crippen LogP contribution is -3.12. The predicted molar refractivity (Wildman–Crippen MR) is 113 cm³/mol. The lowest BCUT2D eigenvalue weighted by atomic mass is 9.96. The maximum absolute atomic E-state index is 13.0. The van der Waals surface area contributed by atoms with Crippen LogP contribution in [0, 0.1) is 0 Å². The number of benzene rings is 1. The van der Waals surface area contributed by atoms with Gasteiger partial charge in [0.1, 0.15) is 11.5 Å². The summed E-state index contributed by atoms with van der Waals surface area (Å²) in [6.45, 7) is 7.18. The minimum absolute atomic E-state index is 0.0794. The van der Waals surface area contributed by atoms with Crippen molar-refractivity contribution in [3.05, 3.63) is 65.5 Å². The van der Waals surface area contributed by atoms with Crippen LogP contribution in [0.2, 0.25) is 0 Å². The minimum atomic E-state index is -0.682. The first-order valence-corrected chi connectivity index (χ1v) is 10.2. The molecule has 1 aliphatic heterocycles. The summed E-state index contributed by atoms with van der Waals surface area (Å²) < 4.78 is 5.23. The van der Waals surface area contributed by atoms with Crippen molar-refractivity contribution in [2.45, 2.75) is 19.9 Å². The predicted octanol–water partition coefficient (Wildman–Crippen LogP) is 1.44. The van der Waals surface area contributed by atoms with E-state index in [1.807, 2.05) is 6.07 Å². The molecule has 7 heteroatoms. The fourth-order valence-corrected chi connectivity index (χ4v) is 3.80. The van der Waals surface area contributed by atoms with Crippen molar-refractivity contribution in [1.29, 1.82) is 0 Å². The third-order valence-corrected chi connectivity index (χ3v) is 5.59. The highest BCUT2D eigenvalue weighted by molar-refractivity contribution is 6.46. The van der Waals surface area contributed by atoms with Crippen LogP contribution in [0.4, 0.5) is 0 Å². The van der Waals surface area contributed by atoms with Gasteiger partial charge in [-0.1, -0.05) is 18.2 Å². The molecule has 30 heavy (non-hydrogen) atoms. The van der Waals surface area contributed by atoms with Gasteiger partial charge < -0.3 is 19.6 Å². The molecule has 1 saturated heterocycles. The summed E-state index contributed by atoms with van der Waals surface area (Å²) >= 11 is 0. The smallest absolute Gasteiger partial charge is 0.295 e. The number of methoxy groups -OCH3 is 1. The number of hydrogen-bond acceptors (Lipinski definition) is 5. The second kappa shape index (κ2) is 9.54. The van der Waals surface area contributed by atoms with Crippen LogP contribution in [0.15, 0.2) is 54.4 Å². The third kappa shape index (κ3) is 4.21. The van der Waals surface area contributed by atoms with Crippen molar-refractivity contribution in [2.75, 3.05) is 33.3 Å². The lowest BCUT2D eigenvalue weighted by Gasteiger charge is -2.26. The SMILES string of the molecule is CC[NH+](CC)CCN1C(=O)C(=O)C(=C(O)c2cccc(OC)c2)[C@@H]1c1cccnc1. The Balaban J connectivity index is 2.08. The van der Waals surface area contributed by atoms with E-state index in [-0.39, 0.29) is 11.3 Å². The van der Waals surface area contributed by atoms with Gasteiger partial charge in [-0.3, -0.25) is 14.6 Å². The van der Waals surface area contributed by atoms with Gasteiger partial charge in [0.25, 0.3) is 11.7 Å². The van der Waals surface area contributed by atoms with Crippen LogP contribution in [0.25, 0.3) is 5.76 Å². The Hall–Kier alpha value is -3.19. The Labute approximate surface area is 176 Å². The van der Waals surface area contributed by atoms with E-state index in [2.05, 4.69) is 18.8 Å². The first-order valence-electron chi connectivity index (χ1n) is 10.2. The molecule has 7 nitrogen and oxygen atoms in total. The quantitative estimate of drug-likeness (QED) is 0.391.